The zero-order valence-electron chi connectivity index (χ0n) is 11.2. The van der Waals surface area contributed by atoms with Crippen LogP contribution >= 0.6 is 11.8 Å². The monoisotopic (exact) mass is 275 g/mol. The average molecular weight is 275 g/mol. The standard InChI is InChI=1S/C15H21N3S/c16-11-6-7-13-14(10-11)18-15(17-13)8-9-19-12-4-2-1-3-5-12/h6-7,10,12H,1-5,8-9,16H2,(H,17,18). The summed E-state index contributed by atoms with van der Waals surface area (Å²) in [6.07, 6.45) is 8.10. The third-order valence-electron chi connectivity index (χ3n) is 3.80. The number of anilines is 1. The van der Waals surface area contributed by atoms with Crippen LogP contribution in [0.1, 0.15) is 37.9 Å². The molecule has 102 valence electrons. The van der Waals surface area contributed by atoms with Gasteiger partial charge in [-0.25, -0.2) is 4.98 Å². The highest BCUT2D eigenvalue weighted by atomic mass is 32.2. The molecule has 1 aromatic carbocycles. The third-order valence-corrected chi connectivity index (χ3v) is 5.18. The van der Waals surface area contributed by atoms with Crippen molar-refractivity contribution in [1.29, 1.82) is 0 Å². The fourth-order valence-electron chi connectivity index (χ4n) is 2.75. The van der Waals surface area contributed by atoms with Crippen LogP contribution in [0.15, 0.2) is 18.2 Å². The Kier molecular flexibility index (Phi) is 3.97. The lowest BCUT2D eigenvalue weighted by Gasteiger charge is -2.20. The first kappa shape index (κ1) is 12.9. The molecule has 0 radical (unpaired) electrons. The van der Waals surface area contributed by atoms with Crippen molar-refractivity contribution in [2.75, 3.05) is 11.5 Å². The lowest BCUT2D eigenvalue weighted by molar-refractivity contribution is 0.516. The summed E-state index contributed by atoms with van der Waals surface area (Å²) in [5.74, 6) is 2.25. The van der Waals surface area contributed by atoms with Crippen LogP contribution in [0.2, 0.25) is 0 Å². The molecule has 19 heavy (non-hydrogen) atoms. The lowest BCUT2D eigenvalue weighted by Crippen LogP contribution is -2.09. The van der Waals surface area contributed by atoms with Gasteiger partial charge in [-0.05, 0) is 31.0 Å². The fourth-order valence-corrected chi connectivity index (χ4v) is 4.06. The minimum absolute atomic E-state index is 0.791. The second-order valence-corrected chi connectivity index (χ2v) is 6.75. The van der Waals surface area contributed by atoms with Crippen molar-refractivity contribution in [2.24, 2.45) is 0 Å². The van der Waals surface area contributed by atoms with Gasteiger partial charge in [-0.1, -0.05) is 19.3 Å². The molecular weight excluding hydrogens is 254 g/mol. The van der Waals surface area contributed by atoms with E-state index in [0.29, 0.717) is 0 Å². The smallest absolute Gasteiger partial charge is 0.108 e. The summed E-state index contributed by atoms with van der Waals surface area (Å²) in [6.45, 7) is 0. The van der Waals surface area contributed by atoms with Gasteiger partial charge >= 0.3 is 0 Å². The summed E-state index contributed by atoms with van der Waals surface area (Å²) < 4.78 is 0. The number of aromatic nitrogens is 2. The van der Waals surface area contributed by atoms with E-state index in [1.54, 1.807) is 0 Å². The first-order valence-electron chi connectivity index (χ1n) is 7.17. The summed E-state index contributed by atoms with van der Waals surface area (Å²) in [5.41, 5.74) is 8.64. The SMILES string of the molecule is Nc1ccc2nc(CCSC3CCCCC3)[nH]c2c1. The number of imidazole rings is 1. The number of aryl methyl sites for hydroxylation is 1. The van der Waals surface area contributed by atoms with E-state index in [1.165, 1.54) is 37.9 Å². The minimum atomic E-state index is 0.791. The van der Waals surface area contributed by atoms with Gasteiger partial charge in [0.2, 0.25) is 0 Å². The molecule has 1 aliphatic carbocycles. The van der Waals surface area contributed by atoms with Crippen molar-refractivity contribution in [3.63, 3.8) is 0 Å². The van der Waals surface area contributed by atoms with Gasteiger partial charge in [0.05, 0.1) is 11.0 Å². The normalized spacial score (nSPS) is 17.1. The topological polar surface area (TPSA) is 54.7 Å². The molecule has 1 aromatic heterocycles. The van der Waals surface area contributed by atoms with Crippen LogP contribution in [0.5, 0.6) is 0 Å². The zero-order chi connectivity index (χ0) is 13.1. The van der Waals surface area contributed by atoms with Gasteiger partial charge in [-0.15, -0.1) is 0 Å². The van der Waals surface area contributed by atoms with E-state index in [1.807, 2.05) is 18.2 Å². The molecule has 4 heteroatoms. The maximum atomic E-state index is 5.78. The second-order valence-electron chi connectivity index (χ2n) is 5.34. The average Bonchev–Trinajstić information content (AvgIpc) is 2.82. The van der Waals surface area contributed by atoms with Crippen LogP contribution in [-0.2, 0) is 6.42 Å². The lowest BCUT2D eigenvalue weighted by atomic mass is 10.0. The zero-order valence-corrected chi connectivity index (χ0v) is 12.0. The molecule has 0 unspecified atom stereocenters. The third kappa shape index (κ3) is 3.24. The number of fused-ring (bicyclic) bond motifs is 1. The Hall–Kier alpha value is -1.16. The van der Waals surface area contributed by atoms with Gasteiger partial charge < -0.3 is 10.7 Å². The molecule has 0 aliphatic heterocycles. The fraction of sp³-hybridized carbons (Fsp3) is 0.533. The Bertz CT molecular complexity index is 543. The molecule has 3 nitrogen and oxygen atoms in total. The first-order chi connectivity index (χ1) is 9.31. The number of hydrogen-bond donors (Lipinski definition) is 2. The van der Waals surface area contributed by atoms with Crippen molar-refractivity contribution < 1.29 is 0 Å². The van der Waals surface area contributed by atoms with E-state index in [0.717, 1.165) is 34.2 Å². The largest absolute Gasteiger partial charge is 0.399 e. The molecule has 0 spiro atoms. The number of benzene rings is 1. The summed E-state index contributed by atoms with van der Waals surface area (Å²) >= 11 is 2.12. The molecule has 0 atom stereocenters. The van der Waals surface area contributed by atoms with E-state index in [2.05, 4.69) is 21.7 Å². The van der Waals surface area contributed by atoms with Gasteiger partial charge in [-0.2, -0.15) is 11.8 Å². The van der Waals surface area contributed by atoms with E-state index >= 15 is 0 Å². The number of aromatic amines is 1. The predicted molar refractivity (Wildman–Crippen MR) is 83.5 cm³/mol. The summed E-state index contributed by atoms with van der Waals surface area (Å²) in [4.78, 5) is 7.98. The molecule has 0 amide bonds. The Labute approximate surface area is 118 Å². The molecular formula is C15H21N3S. The molecule has 2 aromatic rings. The molecule has 1 fully saturated rings. The second kappa shape index (κ2) is 5.87. The van der Waals surface area contributed by atoms with Gasteiger partial charge in [0, 0.05) is 23.1 Å². The van der Waals surface area contributed by atoms with Crippen LogP contribution in [0.4, 0.5) is 5.69 Å². The highest BCUT2D eigenvalue weighted by molar-refractivity contribution is 7.99. The first-order valence-corrected chi connectivity index (χ1v) is 8.22. The van der Waals surface area contributed by atoms with Crippen molar-refractivity contribution in [1.82, 2.24) is 9.97 Å². The van der Waals surface area contributed by atoms with Crippen molar-refractivity contribution in [3.8, 4) is 0 Å². The maximum Gasteiger partial charge on any atom is 0.108 e. The number of nitrogens with one attached hydrogen (secondary N) is 1. The van der Waals surface area contributed by atoms with Crippen LogP contribution < -0.4 is 5.73 Å². The Morgan fingerprint density at radius 2 is 2.11 bits per heavy atom. The number of nitrogens with two attached hydrogens (primary N) is 1. The molecule has 1 heterocycles. The van der Waals surface area contributed by atoms with E-state index in [9.17, 15) is 0 Å². The molecule has 3 N–H and O–H groups in total. The van der Waals surface area contributed by atoms with Crippen LogP contribution in [0.25, 0.3) is 11.0 Å². The number of nitrogens with zero attached hydrogens (tertiary/aromatic N) is 1. The van der Waals surface area contributed by atoms with Crippen molar-refractivity contribution in [3.05, 3.63) is 24.0 Å². The number of hydrogen-bond acceptors (Lipinski definition) is 3. The van der Waals surface area contributed by atoms with Crippen LogP contribution in [0.3, 0.4) is 0 Å². The van der Waals surface area contributed by atoms with Gasteiger partial charge in [0.25, 0.3) is 0 Å². The van der Waals surface area contributed by atoms with Crippen molar-refractivity contribution in [2.45, 2.75) is 43.8 Å². The molecule has 1 aliphatic rings. The summed E-state index contributed by atoms with van der Waals surface area (Å²) in [5, 5.41) is 0.883. The van der Waals surface area contributed by atoms with Crippen LogP contribution in [-0.4, -0.2) is 21.0 Å². The highest BCUT2D eigenvalue weighted by Gasteiger charge is 2.13. The number of nitrogen functional groups attached to an aromatic ring is 1. The molecule has 1 saturated carbocycles. The minimum Gasteiger partial charge on any atom is -0.399 e. The predicted octanol–water partition coefficient (Wildman–Crippen LogP) is 3.75. The molecule has 0 saturated heterocycles. The maximum absolute atomic E-state index is 5.78. The van der Waals surface area contributed by atoms with E-state index in [-0.39, 0.29) is 0 Å². The van der Waals surface area contributed by atoms with E-state index in [4.69, 9.17) is 5.73 Å². The quantitative estimate of drug-likeness (QED) is 0.835. The van der Waals surface area contributed by atoms with Gasteiger partial charge in [0.1, 0.15) is 5.82 Å². The molecule has 0 bridgehead atoms. The Morgan fingerprint density at radius 3 is 2.95 bits per heavy atom. The van der Waals surface area contributed by atoms with E-state index < -0.39 is 0 Å². The van der Waals surface area contributed by atoms with Gasteiger partial charge in [-0.3, -0.25) is 0 Å². The van der Waals surface area contributed by atoms with Gasteiger partial charge in [0.15, 0.2) is 0 Å². The Morgan fingerprint density at radius 1 is 1.26 bits per heavy atom. The van der Waals surface area contributed by atoms with Crippen molar-refractivity contribution >= 4 is 28.5 Å². The number of thioether (sulfide) groups is 1. The highest BCUT2D eigenvalue weighted by Crippen LogP contribution is 2.28. The summed E-state index contributed by atoms with van der Waals surface area (Å²) in [6, 6.07) is 5.85. The number of rotatable bonds is 4. The Balaban J connectivity index is 1.56. The summed E-state index contributed by atoms with van der Waals surface area (Å²) in [7, 11) is 0. The van der Waals surface area contributed by atoms with Crippen LogP contribution in [0, 0.1) is 0 Å². The molecule has 3 rings (SSSR count). The number of H-pyrrole nitrogens is 1.